The fourth-order valence-corrected chi connectivity index (χ4v) is 3.06. The Labute approximate surface area is 83.4 Å². The first kappa shape index (κ1) is 9.60. The third-order valence-electron chi connectivity index (χ3n) is 1.76. The van der Waals surface area contributed by atoms with Gasteiger partial charge in [0.2, 0.25) is 0 Å². The van der Waals surface area contributed by atoms with Gasteiger partial charge in [0.1, 0.15) is 6.04 Å². The molecule has 5 heteroatoms. The molecule has 1 fully saturated rings. The van der Waals surface area contributed by atoms with Crippen molar-refractivity contribution in [1.82, 2.24) is 5.32 Å². The molecule has 64 valence electrons. The fourth-order valence-electron chi connectivity index (χ4n) is 1.06. The van der Waals surface area contributed by atoms with E-state index in [4.69, 9.17) is 5.11 Å². The Morgan fingerprint density at radius 2 is 2.64 bits per heavy atom. The van der Waals surface area contributed by atoms with Crippen molar-refractivity contribution in [3.63, 3.8) is 0 Å². The largest absolute Gasteiger partial charge is 0.480 e. The minimum absolute atomic E-state index is 0.149. The average Bonchev–Trinajstić information content (AvgIpc) is 2.32. The monoisotopic (exact) mass is 287 g/mol. The van der Waals surface area contributed by atoms with Crippen molar-refractivity contribution in [2.24, 2.45) is 0 Å². The second kappa shape index (κ2) is 3.49. The van der Waals surface area contributed by atoms with E-state index in [1.165, 1.54) is 0 Å². The number of carbonyl (C=O) groups is 1. The zero-order chi connectivity index (χ0) is 8.48. The summed E-state index contributed by atoms with van der Waals surface area (Å²) in [6, 6.07) is -0.391. The lowest BCUT2D eigenvalue weighted by molar-refractivity contribution is -0.139. The van der Waals surface area contributed by atoms with Crippen molar-refractivity contribution in [2.75, 3.05) is 5.88 Å². The van der Waals surface area contributed by atoms with E-state index >= 15 is 0 Å². The molecule has 1 saturated heterocycles. The topological polar surface area (TPSA) is 49.3 Å². The zero-order valence-electron chi connectivity index (χ0n) is 6.13. The Morgan fingerprint density at radius 3 is 3.00 bits per heavy atom. The Hall–Kier alpha value is 0.510. The molecule has 1 heterocycles. The molecule has 0 amide bonds. The predicted molar refractivity (Wildman–Crippen MR) is 54.1 cm³/mol. The maximum atomic E-state index is 10.7. The summed E-state index contributed by atoms with van der Waals surface area (Å²) in [5, 5.41) is 11.8. The van der Waals surface area contributed by atoms with Gasteiger partial charge in [-0.2, -0.15) is 0 Å². The second-order valence-electron chi connectivity index (χ2n) is 2.40. The molecule has 0 bridgehead atoms. The molecule has 0 aliphatic carbocycles. The molecule has 0 aromatic heterocycles. The molecule has 0 aromatic carbocycles. The molecule has 0 aromatic rings. The Morgan fingerprint density at radius 1 is 2.00 bits per heavy atom. The molecule has 2 unspecified atom stereocenters. The van der Waals surface area contributed by atoms with Crippen LogP contribution in [0.25, 0.3) is 0 Å². The van der Waals surface area contributed by atoms with E-state index in [9.17, 15) is 4.79 Å². The SMILES string of the molecule is CCC1(I)SCNC1C(=O)O. The molecule has 1 aliphatic rings. The third-order valence-corrected chi connectivity index (χ3v) is 5.39. The van der Waals surface area contributed by atoms with Crippen LogP contribution in [-0.4, -0.2) is 25.7 Å². The van der Waals surface area contributed by atoms with E-state index in [-0.39, 0.29) is 2.75 Å². The molecule has 11 heavy (non-hydrogen) atoms. The number of hydrogen-bond acceptors (Lipinski definition) is 3. The Balaban J connectivity index is 2.72. The summed E-state index contributed by atoms with van der Waals surface area (Å²) in [5.41, 5.74) is 0. The zero-order valence-corrected chi connectivity index (χ0v) is 9.11. The van der Waals surface area contributed by atoms with Crippen molar-refractivity contribution in [2.45, 2.75) is 22.1 Å². The highest BCUT2D eigenvalue weighted by atomic mass is 127. The lowest BCUT2D eigenvalue weighted by atomic mass is 10.2. The highest BCUT2D eigenvalue weighted by Crippen LogP contribution is 2.43. The number of aliphatic carboxylic acids is 1. The van der Waals surface area contributed by atoms with Crippen LogP contribution in [0.3, 0.4) is 0 Å². The smallest absolute Gasteiger partial charge is 0.323 e. The summed E-state index contributed by atoms with van der Waals surface area (Å²) >= 11 is 3.90. The maximum Gasteiger partial charge on any atom is 0.323 e. The second-order valence-corrected chi connectivity index (χ2v) is 6.37. The number of rotatable bonds is 2. The van der Waals surface area contributed by atoms with Gasteiger partial charge in [0.15, 0.2) is 0 Å². The normalized spacial score (nSPS) is 37.5. The van der Waals surface area contributed by atoms with Gasteiger partial charge >= 0.3 is 5.97 Å². The summed E-state index contributed by atoms with van der Waals surface area (Å²) in [6.07, 6.45) is 0.877. The van der Waals surface area contributed by atoms with Crippen LogP contribution in [0.1, 0.15) is 13.3 Å². The minimum Gasteiger partial charge on any atom is -0.480 e. The number of carboxylic acid groups (broad SMARTS) is 1. The van der Waals surface area contributed by atoms with Crippen molar-refractivity contribution >= 4 is 40.3 Å². The standard InChI is InChI=1S/C6H10INO2S/c1-2-6(7)4(5(9)10)8-3-11-6/h4,8H,2-3H2,1H3,(H,9,10). The molecular formula is C6H10INO2S. The van der Waals surface area contributed by atoms with Gasteiger partial charge < -0.3 is 5.11 Å². The van der Waals surface area contributed by atoms with Gasteiger partial charge in [-0.3, -0.25) is 10.1 Å². The molecule has 1 rings (SSSR count). The van der Waals surface area contributed by atoms with E-state index in [0.29, 0.717) is 0 Å². The first-order valence-corrected chi connectivity index (χ1v) is 5.45. The molecule has 3 nitrogen and oxygen atoms in total. The van der Waals surface area contributed by atoms with Gasteiger partial charge in [0.05, 0.1) is 2.75 Å². The fraction of sp³-hybridized carbons (Fsp3) is 0.833. The molecule has 1 aliphatic heterocycles. The number of hydrogen-bond donors (Lipinski definition) is 2. The predicted octanol–water partition coefficient (Wildman–Crippen LogP) is 1.27. The first-order chi connectivity index (χ1) is 5.10. The van der Waals surface area contributed by atoms with E-state index in [1.54, 1.807) is 11.8 Å². The van der Waals surface area contributed by atoms with Gasteiger partial charge in [-0.25, -0.2) is 0 Å². The van der Waals surface area contributed by atoms with Crippen LogP contribution in [0.4, 0.5) is 0 Å². The number of alkyl halides is 1. The highest BCUT2D eigenvalue weighted by molar-refractivity contribution is 14.1. The molecule has 0 radical (unpaired) electrons. The highest BCUT2D eigenvalue weighted by Gasteiger charge is 2.44. The van der Waals surface area contributed by atoms with Crippen LogP contribution in [0, 0.1) is 0 Å². The number of nitrogens with one attached hydrogen (secondary N) is 1. The molecular weight excluding hydrogens is 277 g/mol. The summed E-state index contributed by atoms with van der Waals surface area (Å²) in [6.45, 7) is 2.02. The third kappa shape index (κ3) is 1.81. The minimum atomic E-state index is -0.744. The van der Waals surface area contributed by atoms with Crippen molar-refractivity contribution in [1.29, 1.82) is 0 Å². The van der Waals surface area contributed by atoms with Crippen LogP contribution >= 0.6 is 34.4 Å². The van der Waals surface area contributed by atoms with Crippen molar-refractivity contribution in [3.8, 4) is 0 Å². The Kier molecular flexibility index (Phi) is 3.04. The van der Waals surface area contributed by atoms with Gasteiger partial charge in [0.25, 0.3) is 0 Å². The van der Waals surface area contributed by atoms with Crippen LogP contribution in [0.15, 0.2) is 0 Å². The summed E-state index contributed by atoms with van der Waals surface area (Å²) < 4.78 is -0.149. The Bertz CT molecular complexity index is 178. The van der Waals surface area contributed by atoms with Gasteiger partial charge in [-0.1, -0.05) is 29.5 Å². The van der Waals surface area contributed by atoms with Gasteiger partial charge in [-0.05, 0) is 6.42 Å². The van der Waals surface area contributed by atoms with Crippen LogP contribution < -0.4 is 5.32 Å². The summed E-state index contributed by atoms with van der Waals surface area (Å²) in [7, 11) is 0. The molecule has 2 N–H and O–H groups in total. The van der Waals surface area contributed by atoms with Crippen LogP contribution in [0.5, 0.6) is 0 Å². The number of thioether (sulfide) groups is 1. The molecule has 0 saturated carbocycles. The van der Waals surface area contributed by atoms with E-state index in [0.717, 1.165) is 12.3 Å². The van der Waals surface area contributed by atoms with E-state index in [1.807, 2.05) is 6.92 Å². The number of halogens is 1. The lowest BCUT2D eigenvalue weighted by Gasteiger charge is -2.22. The van der Waals surface area contributed by atoms with Gasteiger partial charge in [-0.15, -0.1) is 11.8 Å². The van der Waals surface area contributed by atoms with E-state index < -0.39 is 12.0 Å². The van der Waals surface area contributed by atoms with Crippen LogP contribution in [0.2, 0.25) is 0 Å². The maximum absolute atomic E-state index is 10.7. The summed E-state index contributed by atoms with van der Waals surface area (Å²) in [4.78, 5) is 10.7. The average molecular weight is 287 g/mol. The number of carboxylic acids is 1. The molecule has 2 atom stereocenters. The van der Waals surface area contributed by atoms with Crippen LogP contribution in [-0.2, 0) is 4.79 Å². The van der Waals surface area contributed by atoms with E-state index in [2.05, 4.69) is 27.9 Å². The lowest BCUT2D eigenvalue weighted by Crippen LogP contribution is -2.42. The van der Waals surface area contributed by atoms with Gasteiger partial charge in [0, 0.05) is 5.88 Å². The first-order valence-electron chi connectivity index (χ1n) is 3.39. The summed E-state index contributed by atoms with van der Waals surface area (Å²) in [5.74, 6) is -0.000417. The van der Waals surface area contributed by atoms with Crippen molar-refractivity contribution < 1.29 is 9.90 Å². The molecule has 0 spiro atoms. The van der Waals surface area contributed by atoms with Crippen molar-refractivity contribution in [3.05, 3.63) is 0 Å². The quantitative estimate of drug-likeness (QED) is 0.593.